The number of aromatic nitrogens is 1. The SMILES string of the molecule is COC(=O)c1ccccc1S(=O)(=O)Oc1cc(C)cc(OCC[n+]2ccc(N)cc2)c1. The van der Waals surface area contributed by atoms with E-state index in [0.29, 0.717) is 24.6 Å². The summed E-state index contributed by atoms with van der Waals surface area (Å²) in [4.78, 5) is 11.7. The minimum absolute atomic E-state index is 0.0785. The average molecular weight is 444 g/mol. The highest BCUT2D eigenvalue weighted by Gasteiger charge is 2.25. The van der Waals surface area contributed by atoms with E-state index in [0.717, 1.165) is 5.56 Å². The monoisotopic (exact) mass is 443 g/mol. The van der Waals surface area contributed by atoms with Crippen molar-refractivity contribution in [2.75, 3.05) is 19.5 Å². The van der Waals surface area contributed by atoms with Crippen molar-refractivity contribution >= 4 is 21.8 Å². The summed E-state index contributed by atoms with van der Waals surface area (Å²) < 4.78 is 43.2. The van der Waals surface area contributed by atoms with Crippen LogP contribution in [0.1, 0.15) is 15.9 Å². The molecule has 0 amide bonds. The smallest absolute Gasteiger partial charge is 0.340 e. The highest BCUT2D eigenvalue weighted by molar-refractivity contribution is 7.87. The molecule has 31 heavy (non-hydrogen) atoms. The van der Waals surface area contributed by atoms with E-state index < -0.39 is 16.1 Å². The van der Waals surface area contributed by atoms with Crippen LogP contribution in [0.3, 0.4) is 0 Å². The van der Waals surface area contributed by atoms with Crippen molar-refractivity contribution < 1.29 is 31.4 Å². The van der Waals surface area contributed by atoms with Crippen LogP contribution in [0.15, 0.2) is 71.9 Å². The molecule has 0 fully saturated rings. The normalized spacial score (nSPS) is 11.0. The first-order valence-electron chi connectivity index (χ1n) is 9.39. The molecule has 8 nitrogen and oxygen atoms in total. The molecular weight excluding hydrogens is 420 g/mol. The van der Waals surface area contributed by atoms with Gasteiger partial charge in [0.1, 0.15) is 23.0 Å². The standard InChI is InChI=1S/C22H22N2O6S/c1-16-13-18(29-12-11-24-9-7-17(23)8-10-24)15-19(14-16)30-31(26,27)21-6-4-3-5-20(21)22(25)28-2/h3-10,13-15,23H,11-12H2,1-2H3/p+1. The van der Waals surface area contributed by atoms with Crippen molar-refractivity contribution in [3.8, 4) is 11.5 Å². The fourth-order valence-electron chi connectivity index (χ4n) is 2.87. The number of methoxy groups -OCH3 is 1. The lowest BCUT2D eigenvalue weighted by atomic mass is 10.2. The Hall–Kier alpha value is -3.59. The molecule has 0 bridgehead atoms. The minimum atomic E-state index is -4.27. The van der Waals surface area contributed by atoms with Gasteiger partial charge in [-0.15, -0.1) is 0 Å². The number of hydrogen-bond donors (Lipinski definition) is 1. The highest BCUT2D eigenvalue weighted by atomic mass is 32.2. The molecule has 0 aliphatic rings. The molecule has 162 valence electrons. The molecule has 0 unspecified atom stereocenters. The third kappa shape index (κ3) is 5.73. The van der Waals surface area contributed by atoms with E-state index in [1.165, 1.54) is 31.4 Å². The summed E-state index contributed by atoms with van der Waals surface area (Å²) in [7, 11) is -3.09. The molecule has 0 saturated heterocycles. The number of anilines is 1. The molecule has 0 aliphatic carbocycles. The predicted molar refractivity (Wildman–Crippen MR) is 113 cm³/mol. The third-order valence-corrected chi connectivity index (χ3v) is 5.63. The maximum absolute atomic E-state index is 12.8. The molecule has 0 spiro atoms. The number of hydrogen-bond acceptors (Lipinski definition) is 7. The van der Waals surface area contributed by atoms with Crippen molar-refractivity contribution in [2.24, 2.45) is 0 Å². The van der Waals surface area contributed by atoms with Crippen molar-refractivity contribution in [3.05, 3.63) is 78.1 Å². The lowest BCUT2D eigenvalue weighted by Crippen LogP contribution is -2.35. The van der Waals surface area contributed by atoms with Gasteiger partial charge in [-0.25, -0.2) is 9.36 Å². The Labute approximate surface area is 180 Å². The topological polar surface area (TPSA) is 109 Å². The summed E-state index contributed by atoms with van der Waals surface area (Å²) in [6.45, 7) is 2.73. The van der Waals surface area contributed by atoms with Gasteiger partial charge in [-0.3, -0.25) is 0 Å². The zero-order chi connectivity index (χ0) is 22.4. The zero-order valence-electron chi connectivity index (χ0n) is 17.1. The number of ether oxygens (including phenoxy) is 2. The molecule has 0 radical (unpaired) electrons. The molecular formula is C22H23N2O6S+. The fraction of sp³-hybridized carbons (Fsp3) is 0.182. The Bertz CT molecular complexity index is 1180. The number of aryl methyl sites for hydroxylation is 1. The summed E-state index contributed by atoms with van der Waals surface area (Å²) >= 11 is 0. The van der Waals surface area contributed by atoms with Crippen molar-refractivity contribution in [1.29, 1.82) is 0 Å². The second-order valence-corrected chi connectivity index (χ2v) is 8.24. The molecule has 0 atom stereocenters. The summed E-state index contributed by atoms with van der Waals surface area (Å²) in [5.41, 5.74) is 7.00. The molecule has 1 aromatic heterocycles. The first-order chi connectivity index (χ1) is 14.8. The van der Waals surface area contributed by atoms with E-state index in [4.69, 9.17) is 14.7 Å². The van der Waals surface area contributed by atoms with Crippen LogP contribution in [0.2, 0.25) is 0 Å². The minimum Gasteiger partial charge on any atom is -0.487 e. The Morgan fingerprint density at radius 2 is 1.71 bits per heavy atom. The number of benzene rings is 2. The molecule has 3 rings (SSSR count). The van der Waals surface area contributed by atoms with Crippen LogP contribution in [0.5, 0.6) is 11.5 Å². The van der Waals surface area contributed by atoms with Crippen LogP contribution in [-0.2, 0) is 21.4 Å². The van der Waals surface area contributed by atoms with Gasteiger partial charge in [0.05, 0.1) is 12.7 Å². The number of nitrogens with two attached hydrogens (primary N) is 1. The van der Waals surface area contributed by atoms with Gasteiger partial charge >= 0.3 is 16.1 Å². The Balaban J connectivity index is 1.75. The molecule has 9 heteroatoms. The van der Waals surface area contributed by atoms with Gasteiger partial charge in [0.15, 0.2) is 18.9 Å². The van der Waals surface area contributed by atoms with E-state index in [1.807, 2.05) is 17.0 Å². The van der Waals surface area contributed by atoms with E-state index in [1.54, 1.807) is 37.3 Å². The zero-order valence-corrected chi connectivity index (χ0v) is 18.0. The quantitative estimate of drug-likeness (QED) is 0.324. The first kappa shape index (κ1) is 22.1. The van der Waals surface area contributed by atoms with Crippen LogP contribution in [0.25, 0.3) is 0 Å². The van der Waals surface area contributed by atoms with Crippen LogP contribution >= 0.6 is 0 Å². The Morgan fingerprint density at radius 3 is 2.42 bits per heavy atom. The van der Waals surface area contributed by atoms with Crippen molar-refractivity contribution in [3.63, 3.8) is 0 Å². The largest absolute Gasteiger partial charge is 0.487 e. The number of nitrogens with zero attached hydrogens (tertiary/aromatic N) is 1. The highest BCUT2D eigenvalue weighted by Crippen LogP contribution is 2.27. The van der Waals surface area contributed by atoms with Gasteiger partial charge in [-0.2, -0.15) is 8.42 Å². The number of rotatable bonds is 8. The number of esters is 1. The summed E-state index contributed by atoms with van der Waals surface area (Å²) in [5, 5.41) is 0. The molecule has 0 saturated carbocycles. The Morgan fingerprint density at radius 1 is 1.03 bits per heavy atom. The van der Waals surface area contributed by atoms with E-state index in [9.17, 15) is 13.2 Å². The van der Waals surface area contributed by atoms with Gasteiger partial charge < -0.3 is 19.4 Å². The maximum atomic E-state index is 12.8. The van der Waals surface area contributed by atoms with Crippen molar-refractivity contribution in [2.45, 2.75) is 18.4 Å². The van der Waals surface area contributed by atoms with Crippen LogP contribution < -0.4 is 19.2 Å². The molecule has 0 aliphatic heterocycles. The van der Waals surface area contributed by atoms with Gasteiger partial charge in [0, 0.05) is 23.9 Å². The van der Waals surface area contributed by atoms with E-state index in [2.05, 4.69) is 4.74 Å². The maximum Gasteiger partial charge on any atom is 0.340 e. The van der Waals surface area contributed by atoms with Gasteiger partial charge in [-0.1, -0.05) is 12.1 Å². The van der Waals surface area contributed by atoms with E-state index in [-0.39, 0.29) is 16.2 Å². The molecule has 1 heterocycles. The summed E-state index contributed by atoms with van der Waals surface area (Å²) in [6.07, 6.45) is 3.68. The first-order valence-corrected chi connectivity index (χ1v) is 10.8. The van der Waals surface area contributed by atoms with Crippen LogP contribution in [0, 0.1) is 6.92 Å². The average Bonchev–Trinajstić information content (AvgIpc) is 2.74. The van der Waals surface area contributed by atoms with Gasteiger partial charge in [-0.05, 0) is 36.8 Å². The number of pyridine rings is 1. The number of carbonyl (C=O) groups excluding carboxylic acids is 1. The fourth-order valence-corrected chi connectivity index (χ4v) is 3.97. The summed E-state index contributed by atoms with van der Waals surface area (Å²) in [5.74, 6) is -0.228. The summed E-state index contributed by atoms with van der Waals surface area (Å²) in [6, 6.07) is 14.1. The number of nitrogen functional groups attached to an aromatic ring is 1. The molecule has 3 aromatic rings. The third-order valence-electron chi connectivity index (χ3n) is 4.33. The predicted octanol–water partition coefficient (Wildman–Crippen LogP) is 2.50. The second-order valence-electron chi connectivity index (χ2n) is 6.72. The Kier molecular flexibility index (Phi) is 6.76. The van der Waals surface area contributed by atoms with E-state index >= 15 is 0 Å². The lowest BCUT2D eigenvalue weighted by molar-refractivity contribution is -0.697. The van der Waals surface area contributed by atoms with Crippen LogP contribution in [-0.4, -0.2) is 28.1 Å². The molecule has 2 N–H and O–H groups in total. The van der Waals surface area contributed by atoms with Crippen LogP contribution in [0.4, 0.5) is 5.69 Å². The second kappa shape index (κ2) is 9.48. The number of carbonyl (C=O) groups is 1. The van der Waals surface area contributed by atoms with Gasteiger partial charge in [0.25, 0.3) is 0 Å². The van der Waals surface area contributed by atoms with Crippen molar-refractivity contribution in [1.82, 2.24) is 0 Å². The van der Waals surface area contributed by atoms with Gasteiger partial charge in [0.2, 0.25) is 0 Å². The molecule has 2 aromatic carbocycles. The lowest BCUT2D eigenvalue weighted by Gasteiger charge is -2.12.